The van der Waals surface area contributed by atoms with Crippen molar-refractivity contribution in [2.75, 3.05) is 7.11 Å². The highest BCUT2D eigenvalue weighted by molar-refractivity contribution is 6.04. The number of fused-ring (bicyclic) bond motifs is 2. The van der Waals surface area contributed by atoms with Crippen LogP contribution in [-0.2, 0) is 0 Å². The van der Waals surface area contributed by atoms with E-state index >= 15 is 0 Å². The van der Waals surface area contributed by atoms with Gasteiger partial charge in [0.15, 0.2) is 5.76 Å². The fourth-order valence-electron chi connectivity index (χ4n) is 4.44. The summed E-state index contributed by atoms with van der Waals surface area (Å²) in [4.78, 5) is 13.1. The number of para-hydroxylation sites is 2. The summed E-state index contributed by atoms with van der Waals surface area (Å²) in [5.41, 5.74) is 3.20. The Morgan fingerprint density at radius 1 is 0.639 bits per heavy atom. The molecule has 0 atom stereocenters. The van der Waals surface area contributed by atoms with Gasteiger partial charge < -0.3 is 13.6 Å². The summed E-state index contributed by atoms with van der Waals surface area (Å²) in [5.74, 6) is 8.21. The first-order valence-electron chi connectivity index (χ1n) is 11.5. The highest BCUT2D eigenvalue weighted by atomic mass is 16.5. The predicted octanol–water partition coefficient (Wildman–Crippen LogP) is 7.28. The van der Waals surface area contributed by atoms with Crippen LogP contribution in [0.3, 0.4) is 0 Å². The van der Waals surface area contributed by atoms with E-state index in [0.717, 1.165) is 21.9 Å². The third-order valence-electron chi connectivity index (χ3n) is 6.13. The molecule has 6 rings (SSSR count). The average molecular weight is 469 g/mol. The molecule has 4 aromatic carbocycles. The van der Waals surface area contributed by atoms with Crippen LogP contribution in [0.25, 0.3) is 44.4 Å². The van der Waals surface area contributed by atoms with E-state index < -0.39 is 5.63 Å². The summed E-state index contributed by atoms with van der Waals surface area (Å²) in [6.45, 7) is 0. The molecule has 0 radical (unpaired) electrons. The minimum Gasteiger partial charge on any atom is -0.495 e. The van der Waals surface area contributed by atoms with Crippen molar-refractivity contribution < 1.29 is 13.6 Å². The smallest absolute Gasteiger partial charge is 0.344 e. The number of ether oxygens (including phenoxy) is 1. The Morgan fingerprint density at radius 2 is 1.31 bits per heavy atom. The van der Waals surface area contributed by atoms with Crippen molar-refractivity contribution in [1.29, 1.82) is 0 Å². The minimum absolute atomic E-state index is 0.380. The van der Waals surface area contributed by atoms with Crippen LogP contribution in [0, 0.1) is 11.8 Å². The van der Waals surface area contributed by atoms with Crippen LogP contribution in [0.5, 0.6) is 5.75 Å². The lowest BCUT2D eigenvalue weighted by molar-refractivity contribution is 0.413. The molecule has 0 saturated heterocycles. The van der Waals surface area contributed by atoms with Crippen LogP contribution in [0.15, 0.2) is 117 Å². The molecule has 4 nitrogen and oxygen atoms in total. The van der Waals surface area contributed by atoms with Gasteiger partial charge in [0.2, 0.25) is 0 Å². The average Bonchev–Trinajstić information content (AvgIpc) is 3.33. The van der Waals surface area contributed by atoms with E-state index in [0.29, 0.717) is 39.4 Å². The SMILES string of the molecule is COc1ccccc1C#Cc1c(-c2c(-c3ccccc3)oc3ccccc23)oc(=O)c2ccccc12. The van der Waals surface area contributed by atoms with Crippen molar-refractivity contribution in [1.82, 2.24) is 0 Å². The Hall–Kier alpha value is -5.01. The topological polar surface area (TPSA) is 52.6 Å². The molecular weight excluding hydrogens is 448 g/mol. The number of rotatable bonds is 3. The molecule has 0 saturated carbocycles. The summed E-state index contributed by atoms with van der Waals surface area (Å²) in [5, 5.41) is 2.03. The van der Waals surface area contributed by atoms with Crippen molar-refractivity contribution in [3.8, 4) is 40.2 Å². The first-order valence-corrected chi connectivity index (χ1v) is 11.5. The first kappa shape index (κ1) is 21.5. The molecule has 0 bridgehead atoms. The van der Waals surface area contributed by atoms with E-state index in [2.05, 4.69) is 11.8 Å². The fourth-order valence-corrected chi connectivity index (χ4v) is 4.44. The molecule has 0 N–H and O–H groups in total. The lowest BCUT2D eigenvalue weighted by Crippen LogP contribution is -2.03. The zero-order valence-electron chi connectivity index (χ0n) is 19.4. The third-order valence-corrected chi connectivity index (χ3v) is 6.13. The summed E-state index contributed by atoms with van der Waals surface area (Å²) >= 11 is 0. The second-order valence-corrected chi connectivity index (χ2v) is 8.26. The Bertz CT molecular complexity index is 1850. The highest BCUT2D eigenvalue weighted by Gasteiger charge is 2.24. The Morgan fingerprint density at radius 3 is 2.11 bits per heavy atom. The molecule has 0 aliphatic heterocycles. The Kier molecular flexibility index (Phi) is 5.37. The third kappa shape index (κ3) is 3.64. The molecule has 0 spiro atoms. The van der Waals surface area contributed by atoms with Crippen LogP contribution in [0.2, 0.25) is 0 Å². The van der Waals surface area contributed by atoms with E-state index in [1.165, 1.54) is 0 Å². The molecule has 0 aliphatic rings. The standard InChI is InChI=1S/C32H20O4/c1-34-27-17-9-5-11-21(27)19-20-24-23-14-6-7-15-25(23)32(33)36-31(24)29-26-16-8-10-18-28(26)35-30(29)22-12-3-2-4-13-22/h2-18H,1H3. The molecule has 2 aromatic heterocycles. The van der Waals surface area contributed by atoms with Gasteiger partial charge in [0.25, 0.3) is 0 Å². The van der Waals surface area contributed by atoms with Gasteiger partial charge in [-0.15, -0.1) is 0 Å². The van der Waals surface area contributed by atoms with E-state index in [1.54, 1.807) is 13.2 Å². The number of methoxy groups -OCH3 is 1. The van der Waals surface area contributed by atoms with Crippen molar-refractivity contribution in [3.05, 3.63) is 125 Å². The van der Waals surface area contributed by atoms with Crippen LogP contribution < -0.4 is 10.4 Å². The molecule has 0 fully saturated rings. The summed E-state index contributed by atoms with van der Waals surface area (Å²) in [6.07, 6.45) is 0. The quantitative estimate of drug-likeness (QED) is 0.256. The predicted molar refractivity (Wildman–Crippen MR) is 142 cm³/mol. The van der Waals surface area contributed by atoms with Crippen LogP contribution >= 0.6 is 0 Å². The van der Waals surface area contributed by atoms with E-state index in [-0.39, 0.29) is 0 Å². The molecule has 0 amide bonds. The van der Waals surface area contributed by atoms with Gasteiger partial charge in [0, 0.05) is 16.3 Å². The second-order valence-electron chi connectivity index (χ2n) is 8.26. The molecule has 2 heterocycles. The highest BCUT2D eigenvalue weighted by Crippen LogP contribution is 2.42. The molecule has 36 heavy (non-hydrogen) atoms. The maximum Gasteiger partial charge on any atom is 0.344 e. The Balaban J connectivity index is 1.72. The number of benzene rings is 4. The van der Waals surface area contributed by atoms with E-state index in [9.17, 15) is 4.79 Å². The normalized spacial score (nSPS) is 10.8. The van der Waals surface area contributed by atoms with Gasteiger partial charge in [0.05, 0.1) is 29.2 Å². The second kappa shape index (κ2) is 8.98. The zero-order chi connectivity index (χ0) is 24.5. The summed E-state index contributed by atoms with van der Waals surface area (Å²) in [6, 6.07) is 32.5. The molecule has 0 unspecified atom stereocenters. The lowest BCUT2D eigenvalue weighted by Gasteiger charge is -2.09. The van der Waals surface area contributed by atoms with Gasteiger partial charge in [-0.05, 0) is 24.3 Å². The van der Waals surface area contributed by atoms with Gasteiger partial charge in [0.1, 0.15) is 17.1 Å². The molecule has 0 aliphatic carbocycles. The fraction of sp³-hybridized carbons (Fsp3) is 0.0312. The maximum atomic E-state index is 13.1. The minimum atomic E-state index is -0.423. The first-order chi connectivity index (χ1) is 17.7. The largest absolute Gasteiger partial charge is 0.495 e. The summed E-state index contributed by atoms with van der Waals surface area (Å²) in [7, 11) is 1.62. The molecular formula is C32H20O4. The van der Waals surface area contributed by atoms with Gasteiger partial charge in [-0.25, -0.2) is 4.79 Å². The molecule has 4 heteroatoms. The molecule has 172 valence electrons. The number of hydrogen-bond donors (Lipinski definition) is 0. The van der Waals surface area contributed by atoms with Crippen LogP contribution in [0.4, 0.5) is 0 Å². The van der Waals surface area contributed by atoms with E-state index in [1.807, 2.05) is 97.1 Å². The van der Waals surface area contributed by atoms with Gasteiger partial charge >= 0.3 is 5.63 Å². The lowest BCUT2D eigenvalue weighted by atomic mass is 9.97. The summed E-state index contributed by atoms with van der Waals surface area (Å²) < 4.78 is 17.8. The van der Waals surface area contributed by atoms with Crippen molar-refractivity contribution in [2.24, 2.45) is 0 Å². The van der Waals surface area contributed by atoms with Crippen molar-refractivity contribution in [2.45, 2.75) is 0 Å². The number of hydrogen-bond acceptors (Lipinski definition) is 4. The van der Waals surface area contributed by atoms with Gasteiger partial charge in [-0.1, -0.05) is 90.7 Å². The van der Waals surface area contributed by atoms with Crippen LogP contribution in [-0.4, -0.2) is 7.11 Å². The van der Waals surface area contributed by atoms with Gasteiger partial charge in [-0.3, -0.25) is 0 Å². The van der Waals surface area contributed by atoms with Crippen molar-refractivity contribution >= 4 is 21.7 Å². The van der Waals surface area contributed by atoms with Gasteiger partial charge in [-0.2, -0.15) is 0 Å². The van der Waals surface area contributed by atoms with Crippen LogP contribution in [0.1, 0.15) is 11.1 Å². The zero-order valence-corrected chi connectivity index (χ0v) is 19.4. The maximum absolute atomic E-state index is 13.1. The number of furan rings is 1. The van der Waals surface area contributed by atoms with E-state index in [4.69, 9.17) is 13.6 Å². The van der Waals surface area contributed by atoms with Crippen molar-refractivity contribution in [3.63, 3.8) is 0 Å². The monoisotopic (exact) mass is 468 g/mol. The molecule has 6 aromatic rings. The Labute approximate surface area is 207 Å².